The quantitative estimate of drug-likeness (QED) is 0.466. The molecule has 1 fully saturated rings. The second kappa shape index (κ2) is 11.8. The number of hydrogen-bond donors (Lipinski definition) is 1. The molecule has 0 bridgehead atoms. The largest absolute Gasteiger partial charge is 0.378 e. The van der Waals surface area contributed by atoms with E-state index in [1.54, 1.807) is 18.3 Å². The van der Waals surface area contributed by atoms with Gasteiger partial charge in [0.15, 0.2) is 5.78 Å². The van der Waals surface area contributed by atoms with E-state index in [1.165, 1.54) is 16.8 Å². The number of ether oxygens (including phenoxy) is 2. The Morgan fingerprint density at radius 3 is 2.67 bits per heavy atom. The Labute approximate surface area is 232 Å². The van der Waals surface area contributed by atoms with Crippen molar-refractivity contribution in [2.45, 2.75) is 70.3 Å². The minimum Gasteiger partial charge on any atom is -0.378 e. The molecule has 1 aromatic carbocycles. The molecule has 2 aliphatic heterocycles. The molecule has 9 heteroatoms. The summed E-state index contributed by atoms with van der Waals surface area (Å²) in [5.74, 6) is -0.768. The van der Waals surface area contributed by atoms with Crippen LogP contribution in [0.2, 0.25) is 5.02 Å². The number of carbonyl (C=O) groups excluding carboxylic acids is 2. The molecule has 1 saturated heterocycles. The Kier molecular flexibility index (Phi) is 8.26. The number of fused-ring (bicyclic) bond motifs is 3. The fourth-order valence-electron chi connectivity index (χ4n) is 5.42. The summed E-state index contributed by atoms with van der Waals surface area (Å²) < 4.78 is 13.6. The number of rotatable bonds is 7. The highest BCUT2D eigenvalue weighted by Crippen LogP contribution is 2.34. The maximum atomic E-state index is 13.8. The van der Waals surface area contributed by atoms with Crippen LogP contribution in [0, 0.1) is 0 Å². The number of pyridine rings is 2. The van der Waals surface area contributed by atoms with Crippen molar-refractivity contribution < 1.29 is 19.1 Å². The van der Waals surface area contributed by atoms with E-state index in [9.17, 15) is 14.4 Å². The van der Waals surface area contributed by atoms with Crippen molar-refractivity contribution in [3.8, 4) is 11.1 Å². The highest BCUT2D eigenvalue weighted by molar-refractivity contribution is 6.30. The maximum absolute atomic E-state index is 13.8. The first-order chi connectivity index (χ1) is 18.8. The molecule has 2 aliphatic rings. The predicted molar refractivity (Wildman–Crippen MR) is 148 cm³/mol. The van der Waals surface area contributed by atoms with Crippen molar-refractivity contribution >= 4 is 23.3 Å². The SMILES string of the molecule is CC1Cc2ccc(Cl)cc2-c2cc(=O)n(C(C[C@@H]3CCCCO3)C(=O)Cc3ccc(C(N)=O)nc3)cc2CO1. The van der Waals surface area contributed by atoms with Gasteiger partial charge in [0.1, 0.15) is 5.69 Å². The highest BCUT2D eigenvalue weighted by atomic mass is 35.5. The topological polar surface area (TPSA) is 114 Å². The first-order valence-corrected chi connectivity index (χ1v) is 13.7. The Morgan fingerprint density at radius 1 is 1.13 bits per heavy atom. The van der Waals surface area contributed by atoms with Crippen LogP contribution in [0.3, 0.4) is 0 Å². The molecule has 2 N–H and O–H groups in total. The van der Waals surface area contributed by atoms with E-state index in [-0.39, 0.29) is 35.7 Å². The number of nitrogens with zero attached hydrogens (tertiary/aromatic N) is 2. The van der Waals surface area contributed by atoms with Crippen molar-refractivity contribution in [1.82, 2.24) is 9.55 Å². The molecule has 3 aromatic rings. The molecular weight excluding hydrogens is 518 g/mol. The van der Waals surface area contributed by atoms with Crippen LogP contribution in [0.4, 0.5) is 0 Å². The van der Waals surface area contributed by atoms with Crippen molar-refractivity contribution in [2.75, 3.05) is 6.61 Å². The number of amides is 1. The molecule has 39 heavy (non-hydrogen) atoms. The van der Waals surface area contributed by atoms with Crippen LogP contribution in [0.1, 0.15) is 65.8 Å². The lowest BCUT2D eigenvalue weighted by molar-refractivity contribution is -0.123. The standard InChI is InChI=1S/C30H32ClN3O5/c1-18-10-20-6-7-22(31)12-24(20)25-14-29(36)34(16-21(25)17-39-18)27(13-23-4-2-3-9-38-23)28(35)11-19-5-8-26(30(32)37)33-15-19/h5-8,12,14-16,18,23,27H,2-4,9-11,13,17H2,1H3,(H2,32,37)/t18?,23-,27?/m0/s1. The van der Waals surface area contributed by atoms with Gasteiger partial charge < -0.3 is 19.8 Å². The van der Waals surface area contributed by atoms with E-state index in [0.717, 1.165) is 41.5 Å². The third-order valence-corrected chi connectivity index (χ3v) is 7.71. The second-order valence-electron chi connectivity index (χ2n) is 10.4. The molecule has 0 saturated carbocycles. The number of aromatic nitrogens is 2. The van der Waals surface area contributed by atoms with Gasteiger partial charge >= 0.3 is 0 Å². The molecule has 4 heterocycles. The molecule has 0 aliphatic carbocycles. The summed E-state index contributed by atoms with van der Waals surface area (Å²) in [6.45, 7) is 2.97. The van der Waals surface area contributed by atoms with Gasteiger partial charge in [0.05, 0.1) is 24.9 Å². The van der Waals surface area contributed by atoms with Crippen LogP contribution in [-0.2, 0) is 33.7 Å². The summed E-state index contributed by atoms with van der Waals surface area (Å²) in [5.41, 5.74) is 9.35. The van der Waals surface area contributed by atoms with Crippen LogP contribution in [0.15, 0.2) is 53.6 Å². The average molecular weight is 550 g/mol. The average Bonchev–Trinajstić information content (AvgIpc) is 2.92. The zero-order valence-electron chi connectivity index (χ0n) is 21.9. The Hall–Kier alpha value is -3.33. The zero-order valence-corrected chi connectivity index (χ0v) is 22.7. The van der Waals surface area contributed by atoms with Crippen molar-refractivity contribution in [2.24, 2.45) is 5.73 Å². The number of hydrogen-bond acceptors (Lipinski definition) is 6. The Morgan fingerprint density at radius 2 is 1.95 bits per heavy atom. The van der Waals surface area contributed by atoms with Crippen LogP contribution < -0.4 is 11.3 Å². The lowest BCUT2D eigenvalue weighted by Gasteiger charge is -2.29. The third-order valence-electron chi connectivity index (χ3n) is 7.48. The van der Waals surface area contributed by atoms with Gasteiger partial charge in [-0.25, -0.2) is 0 Å². The molecule has 204 valence electrons. The normalized spacial score (nSPS) is 19.7. The van der Waals surface area contributed by atoms with E-state index in [4.69, 9.17) is 26.8 Å². The van der Waals surface area contributed by atoms with Gasteiger partial charge in [-0.3, -0.25) is 19.4 Å². The summed E-state index contributed by atoms with van der Waals surface area (Å²) in [6, 6.07) is 9.74. The van der Waals surface area contributed by atoms with Crippen LogP contribution in [-0.4, -0.2) is 40.1 Å². The van der Waals surface area contributed by atoms with E-state index >= 15 is 0 Å². The lowest BCUT2D eigenvalue weighted by atomic mass is 9.92. The third kappa shape index (κ3) is 6.30. The number of ketones is 1. The fraction of sp³-hybridized carbons (Fsp3) is 0.400. The molecule has 2 aromatic heterocycles. The molecule has 0 spiro atoms. The van der Waals surface area contributed by atoms with Gasteiger partial charge in [-0.2, -0.15) is 0 Å². The first-order valence-electron chi connectivity index (χ1n) is 13.3. The fourth-order valence-corrected chi connectivity index (χ4v) is 5.59. The van der Waals surface area contributed by atoms with Gasteiger partial charge in [-0.05, 0) is 73.1 Å². The van der Waals surface area contributed by atoms with Crippen molar-refractivity contribution in [1.29, 1.82) is 0 Å². The van der Waals surface area contributed by atoms with E-state index in [0.29, 0.717) is 36.6 Å². The number of primary amides is 1. The van der Waals surface area contributed by atoms with E-state index in [1.807, 2.05) is 25.1 Å². The smallest absolute Gasteiger partial charge is 0.267 e. The monoisotopic (exact) mass is 549 g/mol. The molecular formula is C30H32ClN3O5. The first kappa shape index (κ1) is 27.2. The van der Waals surface area contributed by atoms with Crippen molar-refractivity contribution in [3.05, 3.63) is 86.6 Å². The van der Waals surface area contributed by atoms with Crippen LogP contribution >= 0.6 is 11.6 Å². The van der Waals surface area contributed by atoms with Crippen LogP contribution in [0.25, 0.3) is 11.1 Å². The number of halogens is 1. The predicted octanol–water partition coefficient (Wildman–Crippen LogP) is 4.44. The number of carbonyl (C=O) groups is 2. The molecule has 0 radical (unpaired) electrons. The van der Waals surface area contributed by atoms with Gasteiger partial charge in [0, 0.05) is 48.5 Å². The molecule has 1 amide bonds. The summed E-state index contributed by atoms with van der Waals surface area (Å²) in [4.78, 5) is 42.9. The van der Waals surface area contributed by atoms with Gasteiger partial charge in [0.25, 0.3) is 11.5 Å². The number of benzene rings is 1. The number of Topliss-reactive ketones (excluding diaryl/α,β-unsaturated/α-hetero) is 1. The van der Waals surface area contributed by atoms with E-state index < -0.39 is 11.9 Å². The zero-order chi connectivity index (χ0) is 27.5. The second-order valence-corrected chi connectivity index (χ2v) is 10.8. The Bertz CT molecular complexity index is 1430. The molecule has 2 unspecified atom stereocenters. The maximum Gasteiger partial charge on any atom is 0.267 e. The summed E-state index contributed by atoms with van der Waals surface area (Å²) in [6.07, 6.45) is 7.10. The summed E-state index contributed by atoms with van der Waals surface area (Å²) >= 11 is 6.35. The highest BCUT2D eigenvalue weighted by Gasteiger charge is 2.29. The van der Waals surface area contributed by atoms with Gasteiger partial charge in [-0.15, -0.1) is 0 Å². The lowest BCUT2D eigenvalue weighted by Crippen LogP contribution is -2.35. The number of nitrogens with two attached hydrogens (primary N) is 1. The molecule has 3 atom stereocenters. The van der Waals surface area contributed by atoms with Crippen LogP contribution in [0.5, 0.6) is 0 Å². The summed E-state index contributed by atoms with van der Waals surface area (Å²) in [7, 11) is 0. The van der Waals surface area contributed by atoms with Gasteiger partial charge in [0.2, 0.25) is 0 Å². The van der Waals surface area contributed by atoms with Gasteiger partial charge in [-0.1, -0.05) is 23.7 Å². The Balaban J connectivity index is 1.53. The summed E-state index contributed by atoms with van der Waals surface area (Å²) in [5, 5.41) is 0.594. The minimum absolute atomic E-state index is 0.0256. The van der Waals surface area contributed by atoms with Crippen molar-refractivity contribution in [3.63, 3.8) is 0 Å². The molecule has 5 rings (SSSR count). The van der Waals surface area contributed by atoms with E-state index in [2.05, 4.69) is 4.98 Å². The molecule has 8 nitrogen and oxygen atoms in total. The minimum atomic E-state index is -0.733.